The van der Waals surface area contributed by atoms with E-state index in [9.17, 15) is 0 Å². The molecule has 6 heteroatoms. The number of rotatable bonds is 2. The molecule has 0 amide bonds. The van der Waals surface area contributed by atoms with Crippen molar-refractivity contribution in [1.82, 2.24) is 19.7 Å². The van der Waals surface area contributed by atoms with Gasteiger partial charge in [0.05, 0.1) is 12.1 Å². The molecular weight excluding hydrogens is 186 g/mol. The van der Waals surface area contributed by atoms with Crippen molar-refractivity contribution in [1.29, 1.82) is 0 Å². The second kappa shape index (κ2) is 3.14. The smallest absolute Gasteiger partial charge is 0.180 e. The number of hydrogen-bond acceptors (Lipinski definition) is 5. The number of nitrogen functional groups attached to an aromatic ring is 1. The maximum atomic E-state index is 5.51. The molecule has 68 valence electrons. The molecule has 2 N–H and O–H groups in total. The number of nitrogens with two attached hydrogens (primary N) is 1. The zero-order valence-electron chi connectivity index (χ0n) is 7.14. The minimum Gasteiger partial charge on any atom is -0.375 e. The number of aryl methyl sites for hydroxylation is 1. The van der Waals surface area contributed by atoms with Crippen LogP contribution in [0.15, 0.2) is 11.7 Å². The van der Waals surface area contributed by atoms with Gasteiger partial charge >= 0.3 is 0 Å². The van der Waals surface area contributed by atoms with Crippen molar-refractivity contribution in [2.24, 2.45) is 7.05 Å². The third-order valence-corrected chi connectivity index (χ3v) is 2.44. The molecule has 5 nitrogen and oxygen atoms in total. The maximum absolute atomic E-state index is 5.51. The first-order valence-corrected chi connectivity index (χ1v) is 4.66. The Morgan fingerprint density at radius 1 is 1.62 bits per heavy atom. The summed E-state index contributed by atoms with van der Waals surface area (Å²) in [4.78, 5) is 4.14. The zero-order chi connectivity index (χ0) is 9.26. The minimum atomic E-state index is 0.595. The molecule has 2 rings (SSSR count). The van der Waals surface area contributed by atoms with Crippen LogP contribution in [0.25, 0.3) is 0 Å². The molecule has 0 aliphatic carbocycles. The monoisotopic (exact) mass is 195 g/mol. The molecule has 13 heavy (non-hydrogen) atoms. The van der Waals surface area contributed by atoms with E-state index in [0.29, 0.717) is 11.6 Å². The van der Waals surface area contributed by atoms with Crippen molar-refractivity contribution in [3.63, 3.8) is 0 Å². The topological polar surface area (TPSA) is 69.6 Å². The Bertz CT molecular complexity index is 404. The summed E-state index contributed by atoms with van der Waals surface area (Å²) in [6, 6.07) is 0. The predicted octanol–water partition coefficient (Wildman–Crippen LogP) is 0.445. The van der Waals surface area contributed by atoms with Gasteiger partial charge in [0.25, 0.3) is 0 Å². The summed E-state index contributed by atoms with van der Waals surface area (Å²) in [5.74, 6) is 0.894. The second-order valence-electron chi connectivity index (χ2n) is 2.71. The SMILES string of the molecule is Cn1cnnc1Cc1csc(N)n1. The van der Waals surface area contributed by atoms with Gasteiger partial charge in [0.2, 0.25) is 0 Å². The van der Waals surface area contributed by atoms with Gasteiger partial charge in [-0.15, -0.1) is 21.5 Å². The van der Waals surface area contributed by atoms with Gasteiger partial charge in [0, 0.05) is 12.4 Å². The highest BCUT2D eigenvalue weighted by molar-refractivity contribution is 7.13. The lowest BCUT2D eigenvalue weighted by Gasteiger charge is -1.95. The Hall–Kier alpha value is -1.43. The van der Waals surface area contributed by atoms with E-state index in [2.05, 4.69) is 15.2 Å². The van der Waals surface area contributed by atoms with E-state index in [4.69, 9.17) is 5.73 Å². The highest BCUT2D eigenvalue weighted by Gasteiger charge is 2.04. The van der Waals surface area contributed by atoms with Crippen LogP contribution in [-0.4, -0.2) is 19.7 Å². The Kier molecular flexibility index (Phi) is 1.97. The van der Waals surface area contributed by atoms with Crippen LogP contribution in [-0.2, 0) is 13.5 Å². The van der Waals surface area contributed by atoms with E-state index in [-0.39, 0.29) is 0 Å². The highest BCUT2D eigenvalue weighted by Crippen LogP contribution is 2.13. The molecule has 0 saturated heterocycles. The van der Waals surface area contributed by atoms with Crippen molar-refractivity contribution in [2.45, 2.75) is 6.42 Å². The molecule has 0 fully saturated rings. The van der Waals surface area contributed by atoms with Gasteiger partial charge in [-0.25, -0.2) is 4.98 Å². The van der Waals surface area contributed by atoms with Gasteiger partial charge < -0.3 is 10.3 Å². The van der Waals surface area contributed by atoms with E-state index < -0.39 is 0 Å². The molecule has 0 unspecified atom stereocenters. The van der Waals surface area contributed by atoms with Gasteiger partial charge in [0.1, 0.15) is 12.2 Å². The Morgan fingerprint density at radius 3 is 3.00 bits per heavy atom. The normalized spacial score (nSPS) is 10.5. The van der Waals surface area contributed by atoms with E-state index >= 15 is 0 Å². The lowest BCUT2D eigenvalue weighted by molar-refractivity contribution is 0.814. The molecule has 0 atom stereocenters. The van der Waals surface area contributed by atoms with Crippen molar-refractivity contribution >= 4 is 16.5 Å². The Morgan fingerprint density at radius 2 is 2.46 bits per heavy atom. The first-order chi connectivity index (χ1) is 6.25. The second-order valence-corrected chi connectivity index (χ2v) is 3.60. The summed E-state index contributed by atoms with van der Waals surface area (Å²) in [5.41, 5.74) is 6.45. The first-order valence-electron chi connectivity index (χ1n) is 3.78. The third-order valence-electron chi connectivity index (χ3n) is 1.71. The zero-order valence-corrected chi connectivity index (χ0v) is 7.95. The number of nitrogens with zero attached hydrogens (tertiary/aromatic N) is 4. The maximum Gasteiger partial charge on any atom is 0.180 e. The van der Waals surface area contributed by atoms with Crippen LogP contribution >= 0.6 is 11.3 Å². The molecule has 0 aromatic carbocycles. The van der Waals surface area contributed by atoms with Gasteiger partial charge in [-0.3, -0.25) is 0 Å². The van der Waals surface area contributed by atoms with E-state index in [1.807, 2.05) is 17.0 Å². The largest absolute Gasteiger partial charge is 0.375 e. The number of thiazole rings is 1. The van der Waals surface area contributed by atoms with Gasteiger partial charge in [0.15, 0.2) is 5.13 Å². The van der Waals surface area contributed by atoms with Crippen molar-refractivity contribution < 1.29 is 0 Å². The van der Waals surface area contributed by atoms with E-state index in [1.165, 1.54) is 11.3 Å². The van der Waals surface area contributed by atoms with Gasteiger partial charge in [-0.1, -0.05) is 0 Å². The molecule has 0 bridgehead atoms. The van der Waals surface area contributed by atoms with Crippen molar-refractivity contribution in [3.8, 4) is 0 Å². The third kappa shape index (κ3) is 1.67. The average Bonchev–Trinajstić information content (AvgIpc) is 2.64. The first kappa shape index (κ1) is 8.18. The molecule has 0 radical (unpaired) electrons. The predicted molar refractivity (Wildman–Crippen MR) is 50.3 cm³/mol. The van der Waals surface area contributed by atoms with Crippen LogP contribution in [0, 0.1) is 0 Å². The quantitative estimate of drug-likeness (QED) is 0.755. The van der Waals surface area contributed by atoms with Crippen LogP contribution in [0.4, 0.5) is 5.13 Å². The van der Waals surface area contributed by atoms with Crippen LogP contribution in [0.3, 0.4) is 0 Å². The van der Waals surface area contributed by atoms with Crippen LogP contribution in [0.2, 0.25) is 0 Å². The number of anilines is 1. The van der Waals surface area contributed by atoms with Crippen molar-refractivity contribution in [3.05, 3.63) is 23.2 Å². The molecule has 2 aromatic heterocycles. The molecule has 0 spiro atoms. The summed E-state index contributed by atoms with van der Waals surface area (Å²) in [5, 5.41) is 10.3. The summed E-state index contributed by atoms with van der Waals surface area (Å²) in [7, 11) is 1.91. The lowest BCUT2D eigenvalue weighted by Crippen LogP contribution is -1.98. The van der Waals surface area contributed by atoms with Crippen molar-refractivity contribution in [2.75, 3.05) is 5.73 Å². The van der Waals surface area contributed by atoms with Crippen LogP contribution in [0.5, 0.6) is 0 Å². The number of hydrogen-bond donors (Lipinski definition) is 1. The van der Waals surface area contributed by atoms with Crippen LogP contribution in [0.1, 0.15) is 11.5 Å². The highest BCUT2D eigenvalue weighted by atomic mass is 32.1. The van der Waals surface area contributed by atoms with Gasteiger partial charge in [-0.05, 0) is 0 Å². The molecular formula is C7H9N5S. The Labute approximate surface area is 79.2 Å². The van der Waals surface area contributed by atoms with Gasteiger partial charge in [-0.2, -0.15) is 0 Å². The minimum absolute atomic E-state index is 0.595. The standard InChI is InChI=1S/C7H9N5S/c1-12-4-9-11-6(12)2-5-3-13-7(8)10-5/h3-4H,2H2,1H3,(H2,8,10). The average molecular weight is 195 g/mol. The summed E-state index contributed by atoms with van der Waals surface area (Å²) in [6.45, 7) is 0. The Balaban J connectivity index is 2.19. The fourth-order valence-electron chi connectivity index (χ4n) is 1.03. The molecule has 0 aliphatic heterocycles. The van der Waals surface area contributed by atoms with E-state index in [0.717, 1.165) is 11.5 Å². The summed E-state index contributed by atoms with van der Waals surface area (Å²) >= 11 is 1.44. The fourth-order valence-corrected chi connectivity index (χ4v) is 1.60. The van der Waals surface area contributed by atoms with Crippen LogP contribution < -0.4 is 5.73 Å². The summed E-state index contributed by atoms with van der Waals surface area (Å²) in [6.07, 6.45) is 2.36. The molecule has 2 heterocycles. The fraction of sp³-hybridized carbons (Fsp3) is 0.286. The number of aromatic nitrogens is 4. The molecule has 0 saturated carbocycles. The summed E-state index contributed by atoms with van der Waals surface area (Å²) < 4.78 is 1.87. The molecule has 0 aliphatic rings. The lowest BCUT2D eigenvalue weighted by atomic mass is 10.3. The van der Waals surface area contributed by atoms with E-state index in [1.54, 1.807) is 6.33 Å². The molecule has 2 aromatic rings.